The number of hydrogen-bond acceptors (Lipinski definition) is 5. The molecule has 3 aromatic carbocycles. The lowest BCUT2D eigenvalue weighted by Crippen LogP contribution is -2.20. The fraction of sp³-hybridized carbons (Fsp3) is 0.194. The molecule has 6 nitrogen and oxygen atoms in total. The molecule has 0 bridgehead atoms. The summed E-state index contributed by atoms with van der Waals surface area (Å²) < 4.78 is 27.3. The SMILES string of the molecule is CCOc1cc(C)c(-c2nc3ccccc3c(=O)n2N=Cc2ccc(-c3ccc(F)cc3Br)o2)cc1C(C)C. The summed E-state index contributed by atoms with van der Waals surface area (Å²) in [4.78, 5) is 18.5. The van der Waals surface area contributed by atoms with E-state index in [4.69, 9.17) is 14.1 Å². The van der Waals surface area contributed by atoms with Crippen LogP contribution in [0.4, 0.5) is 4.39 Å². The molecule has 8 heteroatoms. The van der Waals surface area contributed by atoms with Crippen molar-refractivity contribution in [1.29, 1.82) is 0 Å². The topological polar surface area (TPSA) is 69.6 Å². The van der Waals surface area contributed by atoms with Crippen molar-refractivity contribution in [3.63, 3.8) is 0 Å². The molecular formula is C31H27BrFN3O3. The number of rotatable bonds is 7. The summed E-state index contributed by atoms with van der Waals surface area (Å²) in [6.45, 7) is 8.69. The van der Waals surface area contributed by atoms with Crippen LogP contribution >= 0.6 is 15.9 Å². The van der Waals surface area contributed by atoms with Crippen molar-refractivity contribution in [3.05, 3.63) is 104 Å². The van der Waals surface area contributed by atoms with Gasteiger partial charge in [0.2, 0.25) is 0 Å². The minimum absolute atomic E-state index is 0.197. The molecule has 0 saturated carbocycles. The van der Waals surface area contributed by atoms with E-state index in [0.717, 1.165) is 22.4 Å². The summed E-state index contributed by atoms with van der Waals surface area (Å²) in [5.41, 5.74) is 3.72. The summed E-state index contributed by atoms with van der Waals surface area (Å²) in [6, 6.07) is 19.1. The first-order chi connectivity index (χ1) is 18.8. The second kappa shape index (κ2) is 11.0. The van der Waals surface area contributed by atoms with Crippen LogP contribution in [0.25, 0.3) is 33.6 Å². The number of para-hydroxylation sites is 1. The molecule has 0 fully saturated rings. The van der Waals surface area contributed by atoms with Gasteiger partial charge in [0.1, 0.15) is 23.1 Å². The van der Waals surface area contributed by atoms with Gasteiger partial charge in [0.25, 0.3) is 5.56 Å². The lowest BCUT2D eigenvalue weighted by Gasteiger charge is -2.18. The molecule has 2 aromatic heterocycles. The van der Waals surface area contributed by atoms with Gasteiger partial charge in [-0.2, -0.15) is 9.78 Å². The lowest BCUT2D eigenvalue weighted by atomic mass is 9.96. The zero-order valence-corrected chi connectivity index (χ0v) is 23.6. The second-order valence-electron chi connectivity index (χ2n) is 9.43. The van der Waals surface area contributed by atoms with E-state index in [2.05, 4.69) is 34.9 Å². The zero-order valence-electron chi connectivity index (χ0n) is 22.0. The first-order valence-corrected chi connectivity index (χ1v) is 13.4. The highest BCUT2D eigenvalue weighted by atomic mass is 79.9. The van der Waals surface area contributed by atoms with Gasteiger partial charge in [-0.05, 0) is 101 Å². The van der Waals surface area contributed by atoms with Gasteiger partial charge >= 0.3 is 0 Å². The van der Waals surface area contributed by atoms with Crippen LogP contribution < -0.4 is 10.3 Å². The van der Waals surface area contributed by atoms with E-state index in [1.807, 2.05) is 38.1 Å². The summed E-state index contributed by atoms with van der Waals surface area (Å²) >= 11 is 3.38. The second-order valence-corrected chi connectivity index (χ2v) is 10.3. The Hall–Kier alpha value is -4.04. The number of fused-ring (bicyclic) bond motifs is 1. The van der Waals surface area contributed by atoms with Gasteiger partial charge in [-0.25, -0.2) is 9.37 Å². The first-order valence-electron chi connectivity index (χ1n) is 12.7. The Labute approximate surface area is 233 Å². The molecule has 0 N–H and O–H groups in total. The fourth-order valence-electron chi connectivity index (χ4n) is 4.45. The normalized spacial score (nSPS) is 11.7. The van der Waals surface area contributed by atoms with E-state index in [9.17, 15) is 9.18 Å². The van der Waals surface area contributed by atoms with E-state index in [1.165, 1.54) is 23.0 Å². The first kappa shape index (κ1) is 26.6. The van der Waals surface area contributed by atoms with Gasteiger partial charge in [0.15, 0.2) is 5.82 Å². The quantitative estimate of drug-likeness (QED) is 0.181. The molecule has 0 atom stereocenters. The highest BCUT2D eigenvalue weighted by Gasteiger charge is 2.19. The minimum Gasteiger partial charge on any atom is -0.494 e. The van der Waals surface area contributed by atoms with E-state index in [-0.39, 0.29) is 17.3 Å². The highest BCUT2D eigenvalue weighted by Crippen LogP contribution is 2.34. The van der Waals surface area contributed by atoms with Crippen LogP contribution in [-0.4, -0.2) is 22.5 Å². The Morgan fingerprint density at radius 1 is 1.10 bits per heavy atom. The summed E-state index contributed by atoms with van der Waals surface area (Å²) in [7, 11) is 0. The molecule has 0 aliphatic rings. The van der Waals surface area contributed by atoms with Crippen molar-refractivity contribution in [2.45, 2.75) is 33.6 Å². The molecule has 198 valence electrons. The van der Waals surface area contributed by atoms with Crippen LogP contribution in [-0.2, 0) is 0 Å². The van der Waals surface area contributed by atoms with E-state index in [0.29, 0.717) is 44.9 Å². The van der Waals surface area contributed by atoms with Gasteiger partial charge in [-0.1, -0.05) is 26.0 Å². The average molecular weight is 588 g/mol. The van der Waals surface area contributed by atoms with Crippen molar-refractivity contribution in [2.24, 2.45) is 5.10 Å². The van der Waals surface area contributed by atoms with Crippen LogP contribution in [0, 0.1) is 12.7 Å². The predicted octanol–water partition coefficient (Wildman–Crippen LogP) is 7.94. The molecular weight excluding hydrogens is 561 g/mol. The maximum atomic E-state index is 13.7. The van der Waals surface area contributed by atoms with Crippen LogP contribution in [0.2, 0.25) is 0 Å². The van der Waals surface area contributed by atoms with E-state index >= 15 is 0 Å². The summed E-state index contributed by atoms with van der Waals surface area (Å²) in [6.07, 6.45) is 1.48. The molecule has 0 aliphatic carbocycles. The number of ether oxygens (including phenoxy) is 1. The maximum absolute atomic E-state index is 13.7. The smallest absolute Gasteiger partial charge is 0.282 e. The fourth-order valence-corrected chi connectivity index (χ4v) is 4.99. The van der Waals surface area contributed by atoms with E-state index in [1.54, 1.807) is 30.3 Å². The third-order valence-corrected chi connectivity index (χ3v) is 7.05. The van der Waals surface area contributed by atoms with Gasteiger partial charge in [0.05, 0.1) is 23.7 Å². The zero-order chi connectivity index (χ0) is 27.7. The Balaban J connectivity index is 1.65. The number of furan rings is 1. The molecule has 0 saturated heterocycles. The van der Waals surface area contributed by atoms with Crippen molar-refractivity contribution < 1.29 is 13.5 Å². The van der Waals surface area contributed by atoms with Crippen molar-refractivity contribution in [2.75, 3.05) is 6.61 Å². The molecule has 0 aliphatic heterocycles. The highest BCUT2D eigenvalue weighted by molar-refractivity contribution is 9.10. The summed E-state index contributed by atoms with van der Waals surface area (Å²) in [5, 5.41) is 5.00. The van der Waals surface area contributed by atoms with Gasteiger partial charge in [-0.3, -0.25) is 4.79 Å². The molecule has 5 aromatic rings. The molecule has 5 rings (SSSR count). The molecule has 0 unspecified atom stereocenters. The summed E-state index contributed by atoms with van der Waals surface area (Å²) in [5.74, 6) is 2.06. The lowest BCUT2D eigenvalue weighted by molar-refractivity contribution is 0.335. The van der Waals surface area contributed by atoms with Crippen LogP contribution in [0.3, 0.4) is 0 Å². The predicted molar refractivity (Wildman–Crippen MR) is 156 cm³/mol. The van der Waals surface area contributed by atoms with Gasteiger partial charge in [-0.15, -0.1) is 0 Å². The molecule has 2 heterocycles. The number of aromatic nitrogens is 2. The van der Waals surface area contributed by atoms with Crippen LogP contribution in [0.15, 0.2) is 85.5 Å². The number of hydrogen-bond donors (Lipinski definition) is 0. The third kappa shape index (κ3) is 5.29. The number of benzene rings is 3. The monoisotopic (exact) mass is 587 g/mol. The minimum atomic E-state index is -0.347. The third-order valence-electron chi connectivity index (χ3n) is 6.40. The van der Waals surface area contributed by atoms with E-state index < -0.39 is 0 Å². The number of aryl methyl sites for hydroxylation is 1. The van der Waals surface area contributed by atoms with Crippen LogP contribution in [0.1, 0.15) is 43.6 Å². The van der Waals surface area contributed by atoms with Gasteiger partial charge in [0, 0.05) is 15.6 Å². The van der Waals surface area contributed by atoms with Gasteiger partial charge < -0.3 is 9.15 Å². The average Bonchev–Trinajstić information content (AvgIpc) is 3.37. The maximum Gasteiger partial charge on any atom is 0.282 e. The molecule has 39 heavy (non-hydrogen) atoms. The molecule has 0 spiro atoms. The molecule has 0 radical (unpaired) electrons. The molecule has 0 amide bonds. The van der Waals surface area contributed by atoms with Crippen LogP contribution in [0.5, 0.6) is 5.75 Å². The Bertz CT molecular complexity index is 1770. The largest absolute Gasteiger partial charge is 0.494 e. The van der Waals surface area contributed by atoms with Crippen molar-refractivity contribution in [1.82, 2.24) is 9.66 Å². The Morgan fingerprint density at radius 3 is 2.64 bits per heavy atom. The van der Waals surface area contributed by atoms with Crippen molar-refractivity contribution in [3.8, 4) is 28.5 Å². The number of nitrogens with zero attached hydrogens (tertiary/aromatic N) is 3. The Kier molecular flexibility index (Phi) is 7.48. The number of halogens is 2. The standard InChI is InChI=1S/C31H27BrFN3O3/c1-5-38-29-14-19(4)25(16-24(29)18(2)3)30-35-27-9-7-6-8-23(27)31(37)36(30)34-17-21-11-13-28(39-21)22-12-10-20(33)15-26(22)32/h6-18H,5H2,1-4H3. The Morgan fingerprint density at radius 2 is 1.90 bits per heavy atom. The van der Waals surface area contributed by atoms with Crippen molar-refractivity contribution >= 4 is 33.0 Å².